The summed E-state index contributed by atoms with van der Waals surface area (Å²) in [6.45, 7) is 1.98. The van der Waals surface area contributed by atoms with Gasteiger partial charge in [0, 0.05) is 10.9 Å². The van der Waals surface area contributed by atoms with Crippen LogP contribution < -0.4 is 10.2 Å². The Morgan fingerprint density at radius 2 is 1.92 bits per heavy atom. The third kappa shape index (κ3) is 4.11. The van der Waals surface area contributed by atoms with E-state index >= 15 is 0 Å². The number of aryl methyl sites for hydroxylation is 1. The monoisotopic (exact) mass is 434 g/mol. The highest BCUT2D eigenvalue weighted by Crippen LogP contribution is 2.34. The zero-order valence-corrected chi connectivity index (χ0v) is 16.6. The van der Waals surface area contributed by atoms with Crippen LogP contribution in [0.5, 0.6) is 0 Å². The number of anilines is 2. The molecule has 1 aliphatic heterocycles. The van der Waals surface area contributed by atoms with Gasteiger partial charge < -0.3 is 5.32 Å². The number of rotatable bonds is 4. The van der Waals surface area contributed by atoms with Crippen LogP contribution in [-0.4, -0.2) is 21.4 Å². The number of para-hydroxylation sites is 1. The lowest BCUT2D eigenvalue weighted by molar-refractivity contribution is -0.121. The van der Waals surface area contributed by atoms with Gasteiger partial charge in [0.25, 0.3) is 0 Å². The average Bonchev–Trinajstić information content (AvgIpc) is 2.84. The van der Waals surface area contributed by atoms with E-state index < -0.39 is 5.25 Å². The Labute approximate surface area is 164 Å². The molecule has 0 aliphatic carbocycles. The van der Waals surface area contributed by atoms with Crippen LogP contribution in [0.2, 0.25) is 0 Å². The Balaban J connectivity index is 1.69. The molecule has 25 heavy (non-hydrogen) atoms. The van der Waals surface area contributed by atoms with Crippen LogP contribution in [0, 0.1) is 6.92 Å². The van der Waals surface area contributed by atoms with E-state index in [0.29, 0.717) is 10.0 Å². The van der Waals surface area contributed by atoms with Crippen molar-refractivity contribution in [2.24, 2.45) is 0 Å². The minimum Gasteiger partial charge on any atom is -0.325 e. The summed E-state index contributed by atoms with van der Waals surface area (Å²) in [6, 6.07) is 14.9. The van der Waals surface area contributed by atoms with Crippen molar-refractivity contribution in [3.8, 4) is 0 Å². The van der Waals surface area contributed by atoms with Crippen LogP contribution in [-0.2, 0) is 9.59 Å². The molecule has 0 spiro atoms. The Morgan fingerprint density at radius 3 is 2.60 bits per heavy atom. The van der Waals surface area contributed by atoms with Crippen LogP contribution in [0.25, 0.3) is 0 Å². The van der Waals surface area contributed by atoms with Gasteiger partial charge in [-0.05, 0) is 47.1 Å². The maximum absolute atomic E-state index is 12.7. The molecule has 0 bridgehead atoms. The molecule has 3 rings (SSSR count). The third-order valence-corrected chi connectivity index (χ3v) is 5.93. The molecule has 2 amide bonds. The van der Waals surface area contributed by atoms with Gasteiger partial charge in [-0.1, -0.05) is 53.8 Å². The van der Waals surface area contributed by atoms with Crippen molar-refractivity contribution in [2.75, 3.05) is 10.2 Å². The van der Waals surface area contributed by atoms with Crippen molar-refractivity contribution in [3.05, 3.63) is 58.6 Å². The highest BCUT2D eigenvalue weighted by molar-refractivity contribution is 9.10. The molecule has 4 nitrogen and oxygen atoms in total. The molecule has 0 aromatic heterocycles. The molecule has 1 saturated heterocycles. The number of carbonyl (C=O) groups is 2. The van der Waals surface area contributed by atoms with E-state index in [4.69, 9.17) is 12.2 Å². The van der Waals surface area contributed by atoms with Gasteiger partial charge in [-0.2, -0.15) is 0 Å². The van der Waals surface area contributed by atoms with Gasteiger partial charge in [0.05, 0.1) is 11.4 Å². The zero-order valence-electron chi connectivity index (χ0n) is 13.4. The molecule has 0 radical (unpaired) electrons. The van der Waals surface area contributed by atoms with Crippen molar-refractivity contribution in [1.82, 2.24) is 0 Å². The first-order valence-corrected chi connectivity index (χ1v) is 9.69. The number of carbonyl (C=O) groups excluding carboxylic acids is 2. The molecule has 1 fully saturated rings. The van der Waals surface area contributed by atoms with E-state index in [1.807, 2.05) is 49.4 Å². The average molecular weight is 435 g/mol. The van der Waals surface area contributed by atoms with Crippen LogP contribution >= 0.6 is 39.9 Å². The van der Waals surface area contributed by atoms with Gasteiger partial charge >= 0.3 is 0 Å². The summed E-state index contributed by atoms with van der Waals surface area (Å²) in [5, 5.41) is 2.32. The molecule has 2 aromatic rings. The zero-order chi connectivity index (χ0) is 18.0. The summed E-state index contributed by atoms with van der Waals surface area (Å²) in [6.07, 6.45) is 0.0767. The van der Waals surface area contributed by atoms with Crippen LogP contribution in [0.1, 0.15) is 12.0 Å². The van der Waals surface area contributed by atoms with Crippen molar-refractivity contribution >= 4 is 67.4 Å². The maximum Gasteiger partial charge on any atom is 0.246 e. The first-order chi connectivity index (χ1) is 12.0. The lowest BCUT2D eigenvalue weighted by Gasteiger charge is -2.16. The summed E-state index contributed by atoms with van der Waals surface area (Å²) < 4.78 is 1.28. The first kappa shape index (κ1) is 18.1. The normalized spacial score (nSPS) is 17.0. The Kier molecular flexibility index (Phi) is 5.56. The number of benzene rings is 2. The third-order valence-electron chi connectivity index (χ3n) is 3.73. The van der Waals surface area contributed by atoms with Crippen LogP contribution in [0.15, 0.2) is 53.0 Å². The molecule has 1 unspecified atom stereocenters. The highest BCUT2D eigenvalue weighted by atomic mass is 79.9. The Hall–Kier alpha value is -1.70. The predicted molar refractivity (Wildman–Crippen MR) is 110 cm³/mol. The number of halogens is 1. The first-order valence-electron chi connectivity index (χ1n) is 7.61. The van der Waals surface area contributed by atoms with Crippen molar-refractivity contribution in [1.29, 1.82) is 0 Å². The van der Waals surface area contributed by atoms with Gasteiger partial charge in [-0.15, -0.1) is 0 Å². The number of amides is 2. The summed E-state index contributed by atoms with van der Waals surface area (Å²) in [5.41, 5.74) is 2.53. The van der Waals surface area contributed by atoms with Crippen LogP contribution in [0.4, 0.5) is 11.4 Å². The quantitative estimate of drug-likeness (QED) is 0.718. The lowest BCUT2D eigenvalue weighted by atomic mass is 10.2. The molecular formula is C18H15BrN2O2S2. The SMILES string of the molecule is Cc1ccc(N2C(=O)C(CC(=O)Nc3ccccc3Br)SC2=S)cc1. The molecule has 0 saturated carbocycles. The minimum absolute atomic E-state index is 0.0767. The molecule has 128 valence electrons. The van der Waals surface area contributed by atoms with Crippen molar-refractivity contribution in [3.63, 3.8) is 0 Å². The molecule has 1 atom stereocenters. The number of nitrogens with one attached hydrogen (secondary N) is 1. The fourth-order valence-electron chi connectivity index (χ4n) is 2.45. The lowest BCUT2D eigenvalue weighted by Crippen LogP contribution is -2.32. The molecule has 7 heteroatoms. The van der Waals surface area contributed by atoms with E-state index in [9.17, 15) is 9.59 Å². The number of nitrogens with zero attached hydrogens (tertiary/aromatic N) is 1. The summed E-state index contributed by atoms with van der Waals surface area (Å²) in [4.78, 5) is 26.5. The highest BCUT2D eigenvalue weighted by Gasteiger charge is 2.39. The van der Waals surface area contributed by atoms with Gasteiger partial charge in [0.15, 0.2) is 0 Å². The van der Waals surface area contributed by atoms with Gasteiger partial charge in [-0.25, -0.2) is 0 Å². The van der Waals surface area contributed by atoms with Gasteiger partial charge in [0.1, 0.15) is 9.57 Å². The molecule has 1 heterocycles. The van der Waals surface area contributed by atoms with Crippen molar-refractivity contribution < 1.29 is 9.59 Å². The fourth-order valence-corrected chi connectivity index (χ4v) is 4.36. The van der Waals surface area contributed by atoms with E-state index in [1.54, 1.807) is 6.07 Å². The number of thiocarbonyl (C=S) groups is 1. The van der Waals surface area contributed by atoms with E-state index in [-0.39, 0.29) is 18.2 Å². The minimum atomic E-state index is -0.503. The van der Waals surface area contributed by atoms with E-state index in [2.05, 4.69) is 21.2 Å². The largest absolute Gasteiger partial charge is 0.325 e. The van der Waals surface area contributed by atoms with Gasteiger partial charge in [-0.3, -0.25) is 14.5 Å². The predicted octanol–water partition coefficient (Wildman–Crippen LogP) is 4.52. The second kappa shape index (κ2) is 7.68. The Morgan fingerprint density at radius 1 is 1.24 bits per heavy atom. The summed E-state index contributed by atoms with van der Waals surface area (Å²) >= 11 is 9.99. The number of hydrogen-bond acceptors (Lipinski definition) is 4. The van der Waals surface area contributed by atoms with Crippen molar-refractivity contribution in [2.45, 2.75) is 18.6 Å². The fraction of sp³-hybridized carbons (Fsp3) is 0.167. The van der Waals surface area contributed by atoms with E-state index in [1.165, 1.54) is 16.7 Å². The number of hydrogen-bond donors (Lipinski definition) is 1. The van der Waals surface area contributed by atoms with Gasteiger partial charge in [0.2, 0.25) is 11.8 Å². The Bertz CT molecular complexity index is 839. The molecular weight excluding hydrogens is 420 g/mol. The summed E-state index contributed by atoms with van der Waals surface area (Å²) in [5.74, 6) is -0.368. The second-order valence-electron chi connectivity index (χ2n) is 5.61. The molecule has 2 aromatic carbocycles. The maximum atomic E-state index is 12.7. The standard InChI is InChI=1S/C18H15BrN2O2S2/c1-11-6-8-12(9-7-11)21-17(23)15(25-18(21)24)10-16(22)20-14-5-3-2-4-13(14)19/h2-9,15H,10H2,1H3,(H,20,22). The van der Waals surface area contributed by atoms with Crippen LogP contribution in [0.3, 0.4) is 0 Å². The smallest absolute Gasteiger partial charge is 0.246 e. The van der Waals surface area contributed by atoms with E-state index in [0.717, 1.165) is 15.7 Å². The molecule has 1 N–H and O–H groups in total. The second-order valence-corrected chi connectivity index (χ2v) is 8.30. The topological polar surface area (TPSA) is 49.4 Å². The molecule has 1 aliphatic rings. The summed E-state index contributed by atoms with van der Waals surface area (Å²) in [7, 11) is 0. The number of thioether (sulfide) groups is 1.